The fourth-order valence-electron chi connectivity index (χ4n) is 6.05. The smallest absolute Gasteiger partial charge is 0.143 e. The lowest BCUT2D eigenvalue weighted by Crippen LogP contribution is -1.88. The summed E-state index contributed by atoms with van der Waals surface area (Å²) in [6.07, 6.45) is 0. The van der Waals surface area contributed by atoms with Crippen LogP contribution in [0.2, 0.25) is 0 Å². The number of hydrogen-bond acceptors (Lipinski definition) is 1. The second-order valence-electron chi connectivity index (χ2n) is 9.99. The monoisotopic (exact) mass is 531 g/mol. The molecule has 0 radical (unpaired) electrons. The molecule has 8 aromatic carbocycles. The zero-order valence-electron chi connectivity index (χ0n) is 32.4. The van der Waals surface area contributed by atoms with E-state index in [-0.39, 0.29) is 37.9 Å². The van der Waals surface area contributed by atoms with Crippen LogP contribution in [-0.2, 0) is 0 Å². The summed E-state index contributed by atoms with van der Waals surface area (Å²) in [5, 5.41) is 2.33. The third kappa shape index (κ3) is 3.24. The molecule has 1 heteroatoms. The van der Waals surface area contributed by atoms with E-state index in [0.29, 0.717) is 27.5 Å². The van der Waals surface area contributed by atoms with E-state index >= 15 is 0 Å². The van der Waals surface area contributed by atoms with Gasteiger partial charge in [-0.15, -0.1) is 0 Å². The molecule has 0 atom stereocenters. The van der Waals surface area contributed by atoms with E-state index in [1.165, 1.54) is 0 Å². The van der Waals surface area contributed by atoms with Gasteiger partial charge in [0.15, 0.2) is 0 Å². The predicted octanol–water partition coefficient (Wildman–Crippen LogP) is 11.5. The Bertz CT molecular complexity index is 3080. The average Bonchev–Trinajstić information content (AvgIpc) is 3.55. The zero-order valence-corrected chi connectivity index (χ0v) is 21.4. The van der Waals surface area contributed by atoms with Crippen LogP contribution < -0.4 is 0 Å². The molecule has 190 valence electrons. The van der Waals surface area contributed by atoms with E-state index in [4.69, 9.17) is 15.4 Å². The summed E-state index contributed by atoms with van der Waals surface area (Å²) >= 11 is 0. The van der Waals surface area contributed by atoms with Crippen molar-refractivity contribution in [2.45, 2.75) is 0 Å². The van der Waals surface area contributed by atoms with Gasteiger partial charge in [-0.1, -0.05) is 127 Å². The Balaban J connectivity index is 1.60. The highest BCUT2D eigenvalue weighted by molar-refractivity contribution is 6.27. The van der Waals surface area contributed by atoms with Gasteiger partial charge in [0.1, 0.15) is 11.2 Å². The fourth-order valence-corrected chi connectivity index (χ4v) is 6.05. The van der Waals surface area contributed by atoms with Crippen LogP contribution in [0.5, 0.6) is 0 Å². The topological polar surface area (TPSA) is 13.1 Å². The van der Waals surface area contributed by atoms with Gasteiger partial charge < -0.3 is 4.42 Å². The molecular weight excluding hydrogens is 496 g/mol. The van der Waals surface area contributed by atoms with Crippen molar-refractivity contribution in [2.24, 2.45) is 0 Å². The van der Waals surface area contributed by atoms with E-state index in [2.05, 4.69) is 0 Å². The molecule has 0 amide bonds. The number of furan rings is 1. The molecule has 1 nitrogen and oxygen atoms in total. The second kappa shape index (κ2) is 8.55. The van der Waals surface area contributed by atoms with Gasteiger partial charge >= 0.3 is 0 Å². The summed E-state index contributed by atoms with van der Waals surface area (Å²) in [5.74, 6) is 0. The third-order valence-corrected chi connectivity index (χ3v) is 7.79. The normalized spacial score (nSPS) is 15.7. The van der Waals surface area contributed by atoms with Gasteiger partial charge in [0, 0.05) is 16.2 Å². The van der Waals surface area contributed by atoms with Crippen LogP contribution >= 0.6 is 0 Å². The van der Waals surface area contributed by atoms with Crippen molar-refractivity contribution in [3.63, 3.8) is 0 Å². The van der Waals surface area contributed by atoms with Crippen LogP contribution in [0.25, 0.3) is 87.3 Å². The van der Waals surface area contributed by atoms with Crippen molar-refractivity contribution in [3.05, 3.63) is 145 Å². The number of rotatable bonds is 2. The number of benzene rings is 8. The van der Waals surface area contributed by atoms with Gasteiger partial charge in [-0.05, 0) is 78.1 Å². The van der Waals surface area contributed by atoms with Gasteiger partial charge in [-0.3, -0.25) is 0 Å². The van der Waals surface area contributed by atoms with Gasteiger partial charge in [-0.25, -0.2) is 0 Å². The van der Waals surface area contributed by atoms with E-state index in [1.54, 1.807) is 18.2 Å². The summed E-state index contributed by atoms with van der Waals surface area (Å²) in [5.41, 5.74) is 3.49. The van der Waals surface area contributed by atoms with Gasteiger partial charge in [0.05, 0.1) is 15.1 Å². The molecule has 0 unspecified atom stereocenters. The maximum absolute atomic E-state index is 9.45. The largest absolute Gasteiger partial charge is 0.455 e. The first kappa shape index (κ1) is 14.3. The van der Waals surface area contributed by atoms with Crippen molar-refractivity contribution < 1.29 is 19.5 Å². The Kier molecular flexibility index (Phi) is 2.98. The average molecular weight is 532 g/mol. The first-order valence-corrected chi connectivity index (χ1v) is 13.2. The Hall–Kier alpha value is -5.40. The van der Waals surface area contributed by atoms with Crippen LogP contribution in [0, 0.1) is 0 Å². The number of hydrogen-bond donors (Lipinski definition) is 0. The standard InChI is InChI=1S/C40H24O/c1-2-11-25(12-3-1)34-24-36-39-33(19-10-20-37(39)41-40(36)32-18-9-8-17-30(32)34)38-29-16-7-5-14-27(29)23-35-28-15-6-4-13-26(28)21-22-31(35)38/h1-24H/i4D,5D,6D,7D,13D,14D,15D,16D,21D,22D,23D. The Morgan fingerprint density at radius 1 is 0.488 bits per heavy atom. The first-order chi connectivity index (χ1) is 24.9. The summed E-state index contributed by atoms with van der Waals surface area (Å²) in [6, 6.07) is 19.4. The van der Waals surface area contributed by atoms with Crippen molar-refractivity contribution in [3.8, 4) is 22.3 Å². The van der Waals surface area contributed by atoms with Crippen LogP contribution in [0.4, 0.5) is 0 Å². The summed E-state index contributed by atoms with van der Waals surface area (Å²) < 4.78 is 104. The van der Waals surface area contributed by atoms with Crippen LogP contribution in [0.15, 0.2) is 150 Å². The van der Waals surface area contributed by atoms with Crippen LogP contribution in [0.3, 0.4) is 0 Å². The highest BCUT2D eigenvalue weighted by Crippen LogP contribution is 2.46. The highest BCUT2D eigenvalue weighted by atomic mass is 16.3. The third-order valence-electron chi connectivity index (χ3n) is 7.79. The molecule has 0 bridgehead atoms. The van der Waals surface area contributed by atoms with Crippen molar-refractivity contribution in [2.75, 3.05) is 0 Å². The predicted molar refractivity (Wildman–Crippen MR) is 175 cm³/mol. The minimum atomic E-state index is -0.588. The molecule has 0 aliphatic carbocycles. The molecule has 0 aliphatic heterocycles. The van der Waals surface area contributed by atoms with Crippen LogP contribution in [-0.4, -0.2) is 0 Å². The fraction of sp³-hybridized carbons (Fsp3) is 0. The molecule has 1 aromatic heterocycles. The summed E-state index contributed by atoms with van der Waals surface area (Å²) in [7, 11) is 0. The van der Waals surface area contributed by atoms with Crippen LogP contribution in [0.1, 0.15) is 15.1 Å². The SMILES string of the molecule is [2H]c1c([2H])c([2H])c2c([2H])c3c(c([2H])c([2H])c4c([2H])c([2H])c([2H])c([2H])c43)c(-c3cccc4oc5c6ccccc6c(-c6ccccc6)cc5c34)c2c1[2H]. The maximum atomic E-state index is 9.45. The maximum Gasteiger partial charge on any atom is 0.143 e. The summed E-state index contributed by atoms with van der Waals surface area (Å²) in [4.78, 5) is 0. The lowest BCUT2D eigenvalue weighted by molar-refractivity contribution is 0.673. The highest BCUT2D eigenvalue weighted by Gasteiger charge is 2.20. The van der Waals surface area contributed by atoms with Crippen molar-refractivity contribution in [1.29, 1.82) is 0 Å². The molecule has 0 N–H and O–H groups in total. The molecular formula is C40H24O. The van der Waals surface area contributed by atoms with Crippen molar-refractivity contribution >= 4 is 65.0 Å². The minimum absolute atomic E-state index is 0.0315. The number of fused-ring (bicyclic) bond motifs is 9. The first-order valence-electron chi connectivity index (χ1n) is 18.7. The molecule has 0 fully saturated rings. The Labute approximate surface area is 252 Å². The Morgan fingerprint density at radius 2 is 1.24 bits per heavy atom. The molecule has 9 aromatic rings. The lowest BCUT2D eigenvalue weighted by Gasteiger charge is -2.15. The zero-order chi connectivity index (χ0) is 36.5. The molecule has 1 heterocycles. The van der Waals surface area contributed by atoms with Crippen molar-refractivity contribution in [1.82, 2.24) is 0 Å². The van der Waals surface area contributed by atoms with E-state index < -0.39 is 66.5 Å². The second-order valence-corrected chi connectivity index (χ2v) is 9.99. The van der Waals surface area contributed by atoms with Gasteiger partial charge in [0.2, 0.25) is 0 Å². The minimum Gasteiger partial charge on any atom is -0.455 e. The molecule has 0 spiro atoms. The Morgan fingerprint density at radius 3 is 2.12 bits per heavy atom. The molecule has 0 aliphatic rings. The lowest BCUT2D eigenvalue weighted by atomic mass is 9.87. The molecule has 9 rings (SSSR count). The molecule has 0 saturated carbocycles. The van der Waals surface area contributed by atoms with E-state index in [9.17, 15) is 4.11 Å². The quantitative estimate of drug-likeness (QED) is 0.160. The van der Waals surface area contributed by atoms with Gasteiger partial charge in [-0.2, -0.15) is 0 Å². The van der Waals surface area contributed by atoms with E-state index in [1.807, 2.05) is 60.7 Å². The molecule has 0 saturated heterocycles. The molecule has 41 heavy (non-hydrogen) atoms. The van der Waals surface area contributed by atoms with E-state index in [0.717, 1.165) is 21.9 Å². The van der Waals surface area contributed by atoms with Gasteiger partial charge in [0.25, 0.3) is 0 Å². The summed E-state index contributed by atoms with van der Waals surface area (Å²) in [6.45, 7) is 0.